The number of aromatic hydroxyl groups is 1. The molecule has 0 aliphatic carbocycles. The molecule has 3 N–H and O–H groups in total. The summed E-state index contributed by atoms with van der Waals surface area (Å²) in [6, 6.07) is 2.82. The lowest BCUT2D eigenvalue weighted by molar-refractivity contribution is -0.137. The fourth-order valence-electron chi connectivity index (χ4n) is 5.08. The van der Waals surface area contributed by atoms with Gasteiger partial charge in [-0.2, -0.15) is 13.2 Å². The van der Waals surface area contributed by atoms with Gasteiger partial charge in [0.2, 0.25) is 5.91 Å². The van der Waals surface area contributed by atoms with E-state index in [-0.39, 0.29) is 30.7 Å². The number of phenolic OH excluding ortho intramolecular Hbond substituents is 1. The van der Waals surface area contributed by atoms with Crippen LogP contribution in [0.25, 0.3) is 11.3 Å². The van der Waals surface area contributed by atoms with Crippen LogP contribution in [-0.2, 0) is 28.9 Å². The molecule has 36 heavy (non-hydrogen) atoms. The molecule has 9 nitrogen and oxygen atoms in total. The predicted molar refractivity (Wildman–Crippen MR) is 123 cm³/mol. The highest BCUT2D eigenvalue weighted by molar-refractivity contribution is 5.78. The first-order chi connectivity index (χ1) is 17.2. The Kier molecular flexibility index (Phi) is 6.75. The number of carbonyl (C=O) groups is 1. The van der Waals surface area contributed by atoms with Gasteiger partial charge >= 0.3 is 6.18 Å². The number of rotatable bonds is 5. The molecule has 3 aliphatic rings. The minimum absolute atomic E-state index is 0.0157. The number of hydrogen-bond donors (Lipinski definition) is 3. The van der Waals surface area contributed by atoms with Crippen molar-refractivity contribution in [1.29, 1.82) is 0 Å². The molecule has 0 radical (unpaired) electrons. The van der Waals surface area contributed by atoms with E-state index in [9.17, 15) is 28.2 Å². The van der Waals surface area contributed by atoms with Crippen molar-refractivity contribution in [1.82, 2.24) is 20.0 Å². The molecule has 2 fully saturated rings. The van der Waals surface area contributed by atoms with Crippen LogP contribution in [0, 0.1) is 0 Å². The fourth-order valence-corrected chi connectivity index (χ4v) is 5.08. The van der Waals surface area contributed by atoms with Gasteiger partial charge in [-0.25, -0.2) is 0 Å². The molecule has 0 bridgehead atoms. The first kappa shape index (κ1) is 24.7. The molecule has 2 saturated heterocycles. The Balaban J connectivity index is 1.29. The zero-order chi connectivity index (χ0) is 25.4. The Hall–Kier alpha value is -2.96. The van der Waals surface area contributed by atoms with E-state index in [1.165, 1.54) is 6.07 Å². The van der Waals surface area contributed by atoms with E-state index < -0.39 is 23.6 Å². The lowest BCUT2D eigenvalue weighted by Gasteiger charge is -2.34. The molecule has 194 valence electrons. The van der Waals surface area contributed by atoms with E-state index >= 15 is 0 Å². The summed E-state index contributed by atoms with van der Waals surface area (Å²) in [5, 5.41) is 31.9. The van der Waals surface area contributed by atoms with Gasteiger partial charge in [0.05, 0.1) is 31.4 Å². The molecule has 1 amide bonds. The summed E-state index contributed by atoms with van der Waals surface area (Å²) in [6.45, 7) is 3.19. The Morgan fingerprint density at radius 1 is 1.14 bits per heavy atom. The number of β-amino-alcohol motifs (C(OH)–C–C–N with tert-alkyl or cyclic N) is 1. The van der Waals surface area contributed by atoms with Crippen LogP contribution in [-0.4, -0.2) is 81.0 Å². The van der Waals surface area contributed by atoms with Gasteiger partial charge in [-0.1, -0.05) is 0 Å². The number of aliphatic hydroxyl groups excluding tert-OH is 1. The van der Waals surface area contributed by atoms with E-state index in [4.69, 9.17) is 4.74 Å². The number of halogens is 3. The second kappa shape index (κ2) is 9.83. The Labute approximate surface area is 205 Å². The van der Waals surface area contributed by atoms with Crippen molar-refractivity contribution >= 4 is 11.7 Å². The number of nitrogens with one attached hydrogen (secondary N) is 1. The summed E-state index contributed by atoms with van der Waals surface area (Å²) in [5.41, 5.74) is 0.960. The largest absolute Gasteiger partial charge is 0.507 e. The van der Waals surface area contributed by atoms with Gasteiger partial charge in [0.15, 0.2) is 5.82 Å². The molecule has 1 aromatic heterocycles. The monoisotopic (exact) mass is 507 g/mol. The highest BCUT2D eigenvalue weighted by atomic mass is 19.4. The zero-order valence-electron chi connectivity index (χ0n) is 19.6. The van der Waals surface area contributed by atoms with E-state index in [1.54, 1.807) is 4.90 Å². The number of alkyl halides is 3. The summed E-state index contributed by atoms with van der Waals surface area (Å²) < 4.78 is 44.6. The molecule has 0 saturated carbocycles. The maximum Gasteiger partial charge on any atom is 0.416 e. The van der Waals surface area contributed by atoms with E-state index in [0.717, 1.165) is 31.0 Å². The maximum absolute atomic E-state index is 13.0. The number of fused-ring (bicyclic) bond motifs is 1. The SMILES string of the molecule is O=C(CN1CCC[C@@H](Nc2nnc(-c3ccc(C(F)(F)F)cc3O)c3c2COC3)C1)N1CC[C@@H](O)C1. The second-order valence-electron chi connectivity index (χ2n) is 9.58. The average Bonchev–Trinajstić information content (AvgIpc) is 3.49. The molecule has 3 aliphatic heterocycles. The van der Waals surface area contributed by atoms with E-state index in [0.29, 0.717) is 55.7 Å². The number of hydrogen-bond acceptors (Lipinski definition) is 8. The summed E-state index contributed by atoms with van der Waals surface area (Å²) in [6.07, 6.45) is -2.61. The fraction of sp³-hybridized carbons (Fsp3) is 0.542. The number of benzene rings is 1. The number of ether oxygens (including phenoxy) is 1. The molecule has 0 spiro atoms. The van der Waals surface area contributed by atoms with Gasteiger partial charge < -0.3 is 25.2 Å². The Bertz CT molecular complexity index is 1150. The highest BCUT2D eigenvalue weighted by Crippen LogP contribution is 2.39. The quantitative estimate of drug-likeness (QED) is 0.566. The van der Waals surface area contributed by atoms with Crippen LogP contribution in [0.3, 0.4) is 0 Å². The Morgan fingerprint density at radius 2 is 1.94 bits per heavy atom. The van der Waals surface area contributed by atoms with Crippen LogP contribution in [0.2, 0.25) is 0 Å². The number of phenols is 1. The third kappa shape index (κ3) is 5.11. The number of nitrogens with zero attached hydrogens (tertiary/aromatic N) is 4. The number of likely N-dealkylation sites (tertiary alicyclic amines) is 2. The predicted octanol–water partition coefficient (Wildman–Crippen LogP) is 2.37. The van der Waals surface area contributed by atoms with Crippen LogP contribution >= 0.6 is 0 Å². The summed E-state index contributed by atoms with van der Waals surface area (Å²) >= 11 is 0. The highest BCUT2D eigenvalue weighted by Gasteiger charge is 2.33. The van der Waals surface area contributed by atoms with Crippen molar-refractivity contribution in [3.63, 3.8) is 0 Å². The normalized spacial score (nSPS) is 22.6. The third-order valence-corrected chi connectivity index (χ3v) is 6.98. The number of anilines is 1. The van der Waals surface area contributed by atoms with Gasteiger partial charge in [0.25, 0.3) is 0 Å². The molecular weight excluding hydrogens is 479 g/mol. The molecule has 1 aromatic carbocycles. The van der Waals surface area contributed by atoms with Crippen molar-refractivity contribution in [3.8, 4) is 17.0 Å². The summed E-state index contributed by atoms with van der Waals surface area (Å²) in [4.78, 5) is 16.4. The van der Waals surface area contributed by atoms with Gasteiger partial charge in [-0.3, -0.25) is 9.69 Å². The van der Waals surface area contributed by atoms with Crippen LogP contribution in [0.5, 0.6) is 5.75 Å². The molecule has 5 rings (SSSR count). The lowest BCUT2D eigenvalue weighted by Crippen LogP contribution is -2.47. The minimum atomic E-state index is -4.56. The van der Waals surface area contributed by atoms with Gasteiger partial charge in [-0.15, -0.1) is 10.2 Å². The van der Waals surface area contributed by atoms with E-state index in [2.05, 4.69) is 20.4 Å². The van der Waals surface area contributed by atoms with Crippen LogP contribution in [0.15, 0.2) is 18.2 Å². The van der Waals surface area contributed by atoms with E-state index in [1.807, 2.05) is 0 Å². The number of aliphatic hydroxyl groups is 1. The van der Waals surface area contributed by atoms with Crippen molar-refractivity contribution < 1.29 is 32.9 Å². The zero-order valence-corrected chi connectivity index (χ0v) is 19.6. The molecule has 12 heteroatoms. The minimum Gasteiger partial charge on any atom is -0.507 e. The number of carbonyl (C=O) groups excluding carboxylic acids is 1. The molecule has 0 unspecified atom stereocenters. The van der Waals surface area contributed by atoms with Crippen LogP contribution in [0.1, 0.15) is 36.0 Å². The van der Waals surface area contributed by atoms with Crippen molar-refractivity contribution in [2.24, 2.45) is 0 Å². The van der Waals surface area contributed by atoms with Crippen LogP contribution in [0.4, 0.5) is 19.0 Å². The summed E-state index contributed by atoms with van der Waals surface area (Å²) in [5.74, 6) is 0.0347. The van der Waals surface area contributed by atoms with Crippen molar-refractivity contribution in [2.75, 3.05) is 38.0 Å². The maximum atomic E-state index is 13.0. The molecular formula is C24H28F3N5O4. The number of aromatic nitrogens is 2. The standard InChI is InChI=1S/C24H28F3N5O4/c25-24(26,27)14-3-4-17(20(34)8-14)22-18-12-36-13-19(18)23(30-29-22)28-15-2-1-6-31(9-15)11-21(35)32-7-5-16(33)10-32/h3-4,8,15-16,33-34H,1-2,5-7,9-13H2,(H,28,30)/t15-,16-/m1/s1. The average molecular weight is 508 g/mol. The molecule has 2 aromatic rings. The number of piperidine rings is 1. The molecule has 4 heterocycles. The molecule has 2 atom stereocenters. The Morgan fingerprint density at radius 3 is 2.67 bits per heavy atom. The van der Waals surface area contributed by atoms with Crippen molar-refractivity contribution in [2.45, 2.75) is 50.8 Å². The first-order valence-electron chi connectivity index (χ1n) is 12.0. The first-order valence-corrected chi connectivity index (χ1v) is 12.0. The smallest absolute Gasteiger partial charge is 0.416 e. The number of amides is 1. The second-order valence-corrected chi connectivity index (χ2v) is 9.58. The van der Waals surface area contributed by atoms with Gasteiger partial charge in [-0.05, 0) is 44.0 Å². The third-order valence-electron chi connectivity index (χ3n) is 6.98. The summed E-state index contributed by atoms with van der Waals surface area (Å²) in [7, 11) is 0. The van der Waals surface area contributed by atoms with Gasteiger partial charge in [0.1, 0.15) is 11.4 Å². The van der Waals surface area contributed by atoms with Gasteiger partial charge in [0, 0.05) is 42.4 Å². The van der Waals surface area contributed by atoms with Crippen molar-refractivity contribution in [3.05, 3.63) is 34.9 Å². The lowest BCUT2D eigenvalue weighted by atomic mass is 10.0. The van der Waals surface area contributed by atoms with Crippen LogP contribution < -0.4 is 5.32 Å². The topological polar surface area (TPSA) is 111 Å².